The van der Waals surface area contributed by atoms with Crippen molar-refractivity contribution in [2.24, 2.45) is 0 Å². The van der Waals surface area contributed by atoms with Crippen LogP contribution in [0.4, 0.5) is 11.5 Å². The number of fused-ring (bicyclic) bond motifs is 1. The first-order valence-electron chi connectivity index (χ1n) is 5.17. The maximum absolute atomic E-state index is 12.0. The molecule has 0 bridgehead atoms. The Balaban J connectivity index is 2.65. The molecule has 2 heterocycles. The molecule has 0 saturated heterocycles. The molecular weight excluding hydrogens is 286 g/mol. The zero-order chi connectivity index (χ0) is 12.7. The normalized spacial score (nSPS) is 19.3. The summed E-state index contributed by atoms with van der Waals surface area (Å²) >= 11 is 3.27. The number of anilines is 2. The lowest BCUT2D eigenvalue weighted by molar-refractivity contribution is -0.124. The summed E-state index contributed by atoms with van der Waals surface area (Å²) in [5.41, 5.74) is 0.645. The summed E-state index contributed by atoms with van der Waals surface area (Å²) < 4.78 is 0.637. The molecule has 1 aliphatic rings. The minimum absolute atomic E-state index is 0.114. The van der Waals surface area contributed by atoms with Crippen LogP contribution in [-0.4, -0.2) is 29.9 Å². The van der Waals surface area contributed by atoms with Crippen molar-refractivity contribution in [1.82, 2.24) is 4.98 Å². The van der Waals surface area contributed by atoms with Gasteiger partial charge in [0, 0.05) is 14.0 Å². The quantitative estimate of drug-likeness (QED) is 0.683. The minimum Gasteiger partial charge on any atom is -0.310 e. The Morgan fingerprint density at radius 1 is 1.47 bits per heavy atom. The summed E-state index contributed by atoms with van der Waals surface area (Å²) in [5, 5.41) is 0. The van der Waals surface area contributed by atoms with Gasteiger partial charge in [0.2, 0.25) is 11.8 Å². The monoisotopic (exact) mass is 297 g/mol. The zero-order valence-electron chi connectivity index (χ0n) is 9.77. The SMILES string of the molecule is CC(=O)N1c2nc(Br)ccc2N(C)C(=O)C1C. The molecule has 1 aromatic heterocycles. The van der Waals surface area contributed by atoms with E-state index in [0.29, 0.717) is 16.1 Å². The average molecular weight is 298 g/mol. The summed E-state index contributed by atoms with van der Waals surface area (Å²) in [7, 11) is 1.69. The fourth-order valence-electron chi connectivity index (χ4n) is 1.97. The highest BCUT2D eigenvalue weighted by atomic mass is 79.9. The molecule has 90 valence electrons. The van der Waals surface area contributed by atoms with Gasteiger partial charge in [-0.2, -0.15) is 0 Å². The van der Waals surface area contributed by atoms with Crippen molar-refractivity contribution < 1.29 is 9.59 Å². The number of aromatic nitrogens is 1. The summed E-state index contributed by atoms with van der Waals surface area (Å²) in [6.07, 6.45) is 0. The van der Waals surface area contributed by atoms with Crippen molar-refractivity contribution in [2.75, 3.05) is 16.8 Å². The predicted octanol–water partition coefficient (Wildman–Crippen LogP) is 1.56. The Morgan fingerprint density at radius 2 is 2.12 bits per heavy atom. The molecular formula is C11H12BrN3O2. The van der Waals surface area contributed by atoms with Gasteiger partial charge in [-0.25, -0.2) is 4.98 Å². The Morgan fingerprint density at radius 3 is 2.71 bits per heavy atom. The first-order valence-corrected chi connectivity index (χ1v) is 5.96. The molecule has 1 atom stereocenters. The van der Waals surface area contributed by atoms with E-state index >= 15 is 0 Å². The van der Waals surface area contributed by atoms with Gasteiger partial charge in [0.05, 0.1) is 5.69 Å². The van der Waals surface area contributed by atoms with Crippen molar-refractivity contribution in [3.05, 3.63) is 16.7 Å². The topological polar surface area (TPSA) is 53.5 Å². The first kappa shape index (κ1) is 12.0. The number of hydrogen-bond donors (Lipinski definition) is 0. The third-order valence-electron chi connectivity index (χ3n) is 2.82. The number of rotatable bonds is 0. The molecule has 1 unspecified atom stereocenters. The van der Waals surface area contributed by atoms with Gasteiger partial charge < -0.3 is 4.90 Å². The minimum atomic E-state index is -0.521. The lowest BCUT2D eigenvalue weighted by atomic mass is 10.1. The maximum Gasteiger partial charge on any atom is 0.249 e. The summed E-state index contributed by atoms with van der Waals surface area (Å²) in [4.78, 5) is 30.8. The van der Waals surface area contributed by atoms with Crippen LogP contribution in [0.15, 0.2) is 16.7 Å². The van der Waals surface area contributed by atoms with Crippen LogP contribution in [-0.2, 0) is 9.59 Å². The fourth-order valence-corrected chi connectivity index (χ4v) is 2.27. The molecule has 0 radical (unpaired) electrons. The Hall–Kier alpha value is -1.43. The van der Waals surface area contributed by atoms with Gasteiger partial charge in [-0.3, -0.25) is 14.5 Å². The molecule has 6 heteroatoms. The smallest absolute Gasteiger partial charge is 0.249 e. The summed E-state index contributed by atoms with van der Waals surface area (Å²) in [6.45, 7) is 3.13. The molecule has 0 spiro atoms. The molecule has 1 aliphatic heterocycles. The Labute approximate surface area is 108 Å². The van der Waals surface area contributed by atoms with Gasteiger partial charge in [-0.15, -0.1) is 0 Å². The van der Waals surface area contributed by atoms with E-state index in [1.54, 1.807) is 26.1 Å². The third-order valence-corrected chi connectivity index (χ3v) is 3.27. The van der Waals surface area contributed by atoms with Crippen molar-refractivity contribution in [2.45, 2.75) is 19.9 Å². The van der Waals surface area contributed by atoms with Crippen molar-refractivity contribution >= 4 is 39.2 Å². The van der Waals surface area contributed by atoms with E-state index < -0.39 is 6.04 Å². The lowest BCUT2D eigenvalue weighted by Gasteiger charge is -2.37. The van der Waals surface area contributed by atoms with E-state index in [0.717, 1.165) is 0 Å². The number of amides is 2. The second kappa shape index (κ2) is 4.10. The average Bonchev–Trinajstić information content (AvgIpc) is 2.25. The van der Waals surface area contributed by atoms with Crippen LogP contribution in [0.5, 0.6) is 0 Å². The van der Waals surface area contributed by atoms with E-state index in [9.17, 15) is 9.59 Å². The molecule has 0 fully saturated rings. The largest absolute Gasteiger partial charge is 0.310 e. The first-order chi connectivity index (χ1) is 7.93. The Bertz CT molecular complexity index is 503. The van der Waals surface area contributed by atoms with Crippen molar-refractivity contribution in [1.29, 1.82) is 0 Å². The highest BCUT2D eigenvalue weighted by Crippen LogP contribution is 2.34. The molecule has 0 saturated carbocycles. The van der Waals surface area contributed by atoms with Crippen LogP contribution >= 0.6 is 15.9 Å². The fraction of sp³-hybridized carbons (Fsp3) is 0.364. The second-order valence-corrected chi connectivity index (χ2v) is 4.75. The van der Waals surface area contributed by atoms with Crippen LogP contribution in [0.1, 0.15) is 13.8 Å². The number of likely N-dealkylation sites (N-methyl/N-ethyl adjacent to an activating group) is 1. The van der Waals surface area contributed by atoms with Gasteiger partial charge in [0.1, 0.15) is 10.6 Å². The number of pyridine rings is 1. The number of carbonyl (C=O) groups excluding carboxylic acids is 2. The van der Waals surface area contributed by atoms with Gasteiger partial charge >= 0.3 is 0 Å². The van der Waals surface area contributed by atoms with E-state index in [4.69, 9.17) is 0 Å². The van der Waals surface area contributed by atoms with Crippen molar-refractivity contribution in [3.63, 3.8) is 0 Å². The maximum atomic E-state index is 12.0. The highest BCUT2D eigenvalue weighted by Gasteiger charge is 2.36. The van der Waals surface area contributed by atoms with Crippen molar-refractivity contribution in [3.8, 4) is 0 Å². The third kappa shape index (κ3) is 1.82. The zero-order valence-corrected chi connectivity index (χ0v) is 11.4. The molecule has 0 N–H and O–H groups in total. The summed E-state index contributed by atoms with van der Waals surface area (Å²) in [6, 6.07) is 3.00. The molecule has 2 amide bonds. The van der Waals surface area contributed by atoms with E-state index in [1.165, 1.54) is 16.7 Å². The number of hydrogen-bond acceptors (Lipinski definition) is 3. The van der Waals surface area contributed by atoms with Gasteiger partial charge in [-0.05, 0) is 35.0 Å². The van der Waals surface area contributed by atoms with Gasteiger partial charge in [-0.1, -0.05) is 0 Å². The molecule has 0 aliphatic carbocycles. The Kier molecular flexibility index (Phi) is 2.91. The predicted molar refractivity (Wildman–Crippen MR) is 68.0 cm³/mol. The standard InChI is InChI=1S/C11H12BrN3O2/c1-6-11(17)14(3)8-4-5-9(12)13-10(8)15(6)7(2)16/h4-6H,1-3H3. The van der Waals surface area contributed by atoms with E-state index in [-0.39, 0.29) is 11.8 Å². The molecule has 17 heavy (non-hydrogen) atoms. The van der Waals surface area contributed by atoms with Crippen LogP contribution in [0.3, 0.4) is 0 Å². The lowest BCUT2D eigenvalue weighted by Crippen LogP contribution is -2.52. The molecule has 1 aromatic rings. The number of halogens is 1. The van der Waals surface area contributed by atoms with Crippen LogP contribution < -0.4 is 9.80 Å². The molecule has 2 rings (SSSR count). The number of nitrogens with zero attached hydrogens (tertiary/aromatic N) is 3. The molecule has 5 nitrogen and oxygen atoms in total. The van der Waals surface area contributed by atoms with Gasteiger partial charge in [0.15, 0.2) is 5.82 Å². The van der Waals surface area contributed by atoms with Crippen LogP contribution in [0.2, 0.25) is 0 Å². The number of carbonyl (C=O) groups is 2. The van der Waals surface area contributed by atoms with E-state index in [2.05, 4.69) is 20.9 Å². The van der Waals surface area contributed by atoms with Crippen LogP contribution in [0, 0.1) is 0 Å². The highest BCUT2D eigenvalue weighted by molar-refractivity contribution is 9.10. The van der Waals surface area contributed by atoms with Gasteiger partial charge in [0.25, 0.3) is 0 Å². The van der Waals surface area contributed by atoms with E-state index in [1.807, 2.05) is 0 Å². The molecule has 0 aromatic carbocycles. The second-order valence-electron chi connectivity index (χ2n) is 3.94. The summed E-state index contributed by atoms with van der Waals surface area (Å²) in [5.74, 6) is 0.212. The van der Waals surface area contributed by atoms with Crippen LogP contribution in [0.25, 0.3) is 0 Å².